The molecule has 0 saturated heterocycles. The first-order chi connectivity index (χ1) is 14.4. The third-order valence-electron chi connectivity index (χ3n) is 6.03. The first kappa shape index (κ1) is 25.0. The van der Waals surface area contributed by atoms with E-state index in [9.17, 15) is 17.6 Å². The molecule has 3 nitrogen and oxygen atoms in total. The highest BCUT2D eigenvalue weighted by molar-refractivity contribution is 7.93. The highest BCUT2D eigenvalue weighted by atomic mass is 32.2. The van der Waals surface area contributed by atoms with Crippen molar-refractivity contribution in [3.05, 3.63) is 76.7 Å². The zero-order chi connectivity index (χ0) is 23.4. The minimum absolute atomic E-state index is 0.0655. The van der Waals surface area contributed by atoms with Crippen LogP contribution in [0.5, 0.6) is 0 Å². The predicted molar refractivity (Wildman–Crippen MR) is 125 cm³/mol. The molecular weight excluding hydrogens is 411 g/mol. The summed E-state index contributed by atoms with van der Waals surface area (Å²) in [6.45, 7) is 11.7. The quantitative estimate of drug-likeness (QED) is 0.273. The van der Waals surface area contributed by atoms with Gasteiger partial charge in [-0.05, 0) is 87.8 Å². The molecule has 0 fully saturated rings. The van der Waals surface area contributed by atoms with Crippen molar-refractivity contribution in [1.29, 1.82) is 0 Å². The summed E-state index contributed by atoms with van der Waals surface area (Å²) in [5, 5.41) is -1.37. The molecule has 1 aliphatic carbocycles. The van der Waals surface area contributed by atoms with Gasteiger partial charge in [-0.25, -0.2) is 12.8 Å². The Kier molecular flexibility index (Phi) is 7.98. The monoisotopic (exact) mass is 444 g/mol. The number of ketones is 1. The molecule has 1 aliphatic rings. The van der Waals surface area contributed by atoms with E-state index in [1.807, 2.05) is 6.08 Å². The highest BCUT2D eigenvalue weighted by Crippen LogP contribution is 2.40. The smallest absolute Gasteiger partial charge is 0.192 e. The Morgan fingerprint density at radius 3 is 2.32 bits per heavy atom. The van der Waals surface area contributed by atoms with Crippen LogP contribution >= 0.6 is 0 Å². The Bertz CT molecular complexity index is 1050. The van der Waals surface area contributed by atoms with Gasteiger partial charge >= 0.3 is 0 Å². The first-order valence-electron chi connectivity index (χ1n) is 10.6. The average molecular weight is 445 g/mol. The Labute approximate surface area is 186 Å². The van der Waals surface area contributed by atoms with Crippen molar-refractivity contribution in [2.75, 3.05) is 0 Å². The molecule has 0 bridgehead atoms. The van der Waals surface area contributed by atoms with E-state index in [1.54, 1.807) is 26.8 Å². The van der Waals surface area contributed by atoms with Gasteiger partial charge in [0.1, 0.15) is 11.1 Å². The first-order valence-corrected chi connectivity index (χ1v) is 12.2. The van der Waals surface area contributed by atoms with E-state index in [0.717, 1.165) is 25.0 Å². The Balaban J connectivity index is 2.49. The van der Waals surface area contributed by atoms with Gasteiger partial charge in [-0.3, -0.25) is 4.79 Å². The molecule has 2 rings (SSSR count). The molecular formula is C26H33FO3S. The molecule has 1 aromatic carbocycles. The second-order valence-corrected chi connectivity index (χ2v) is 11.0. The van der Waals surface area contributed by atoms with Crippen LogP contribution in [0, 0.1) is 11.2 Å². The molecule has 0 radical (unpaired) electrons. The molecule has 168 valence electrons. The fourth-order valence-electron chi connectivity index (χ4n) is 3.96. The van der Waals surface area contributed by atoms with Crippen LogP contribution in [0.4, 0.5) is 4.39 Å². The number of allylic oxidation sites excluding steroid dienone is 7. The van der Waals surface area contributed by atoms with E-state index < -0.39 is 26.7 Å². The van der Waals surface area contributed by atoms with E-state index >= 15 is 0 Å². The maximum absolute atomic E-state index is 13.3. The number of rotatable bonds is 7. The molecule has 1 aromatic rings. The fraction of sp³-hybridized carbons (Fsp3) is 0.423. The van der Waals surface area contributed by atoms with Gasteiger partial charge in [-0.2, -0.15) is 0 Å². The molecule has 0 saturated carbocycles. The number of carbonyl (C=O) groups is 1. The van der Waals surface area contributed by atoms with E-state index in [0.29, 0.717) is 11.1 Å². The zero-order valence-electron chi connectivity index (χ0n) is 19.3. The molecule has 1 atom stereocenters. The summed E-state index contributed by atoms with van der Waals surface area (Å²) in [6.07, 6.45) is 10.4. The van der Waals surface area contributed by atoms with Crippen LogP contribution in [0.1, 0.15) is 60.8 Å². The topological polar surface area (TPSA) is 51.2 Å². The van der Waals surface area contributed by atoms with Crippen molar-refractivity contribution in [2.45, 2.75) is 71.0 Å². The van der Waals surface area contributed by atoms with E-state index in [-0.39, 0.29) is 10.3 Å². The summed E-state index contributed by atoms with van der Waals surface area (Å²) < 4.78 is 39.8. The standard InChI is InChI=1S/C26H33FO3S/c1-7-19(3)25(28)24(31(29,30)22-13-11-21(27)12-14-22)17-18(2)10-15-23-20(4)9-8-16-26(23,5)6/h7,10-15,17,24H,8-9,16H2,1-6H3. The van der Waals surface area contributed by atoms with Crippen LogP contribution in [-0.2, 0) is 14.6 Å². The van der Waals surface area contributed by atoms with Crippen LogP contribution in [0.15, 0.2) is 75.8 Å². The van der Waals surface area contributed by atoms with Gasteiger partial charge in [0.15, 0.2) is 15.6 Å². The van der Waals surface area contributed by atoms with E-state index in [2.05, 4.69) is 26.8 Å². The molecule has 0 aliphatic heterocycles. The van der Waals surface area contributed by atoms with Crippen LogP contribution in [0.25, 0.3) is 0 Å². The SMILES string of the molecule is CC=C(C)C(=O)C(C=C(C)C=CC1=C(C)CCCC1(C)C)S(=O)(=O)c1ccc(F)cc1. The minimum atomic E-state index is -4.02. The predicted octanol–water partition coefficient (Wildman–Crippen LogP) is 6.53. The third-order valence-corrected chi connectivity index (χ3v) is 7.97. The van der Waals surface area contributed by atoms with Crippen molar-refractivity contribution >= 4 is 15.6 Å². The van der Waals surface area contributed by atoms with Gasteiger partial charge in [0.25, 0.3) is 0 Å². The number of hydrogen-bond acceptors (Lipinski definition) is 3. The number of Topliss-reactive ketones (excluding diaryl/α,β-unsaturated/α-hetero) is 1. The van der Waals surface area contributed by atoms with Gasteiger partial charge in [0.05, 0.1) is 4.90 Å². The molecule has 0 amide bonds. The number of carbonyl (C=O) groups excluding carboxylic acids is 1. The molecule has 0 aromatic heterocycles. The van der Waals surface area contributed by atoms with Crippen molar-refractivity contribution < 1.29 is 17.6 Å². The Morgan fingerprint density at radius 1 is 1.16 bits per heavy atom. The normalized spacial score (nSPS) is 19.1. The molecule has 0 N–H and O–H groups in total. The van der Waals surface area contributed by atoms with Gasteiger partial charge < -0.3 is 0 Å². The number of sulfone groups is 1. The maximum atomic E-state index is 13.3. The van der Waals surface area contributed by atoms with Gasteiger partial charge in [0.2, 0.25) is 0 Å². The number of hydrogen-bond donors (Lipinski definition) is 0. The summed E-state index contributed by atoms with van der Waals surface area (Å²) in [5.74, 6) is -1.01. The van der Waals surface area contributed by atoms with Crippen LogP contribution in [0.2, 0.25) is 0 Å². The van der Waals surface area contributed by atoms with E-state index in [4.69, 9.17) is 0 Å². The van der Waals surface area contributed by atoms with Gasteiger partial charge in [0, 0.05) is 0 Å². The van der Waals surface area contributed by atoms with Crippen LogP contribution in [-0.4, -0.2) is 19.5 Å². The van der Waals surface area contributed by atoms with E-state index in [1.165, 1.54) is 35.8 Å². The highest BCUT2D eigenvalue weighted by Gasteiger charge is 2.33. The van der Waals surface area contributed by atoms with Gasteiger partial charge in [-0.15, -0.1) is 0 Å². The second-order valence-electron chi connectivity index (χ2n) is 8.93. The fourth-order valence-corrected chi connectivity index (χ4v) is 5.63. The summed E-state index contributed by atoms with van der Waals surface area (Å²) >= 11 is 0. The molecule has 0 spiro atoms. The summed E-state index contributed by atoms with van der Waals surface area (Å²) in [7, 11) is -4.02. The zero-order valence-corrected chi connectivity index (χ0v) is 20.1. The maximum Gasteiger partial charge on any atom is 0.192 e. The lowest BCUT2D eigenvalue weighted by molar-refractivity contribution is -0.114. The van der Waals surface area contributed by atoms with Gasteiger partial charge in [-0.1, -0.05) is 49.3 Å². The Hall–Kier alpha value is -2.27. The van der Waals surface area contributed by atoms with Crippen molar-refractivity contribution in [2.24, 2.45) is 5.41 Å². The molecule has 1 unspecified atom stereocenters. The average Bonchev–Trinajstić information content (AvgIpc) is 2.70. The van der Waals surface area contributed by atoms with Crippen molar-refractivity contribution in [1.82, 2.24) is 0 Å². The number of benzene rings is 1. The second kappa shape index (κ2) is 9.90. The van der Waals surface area contributed by atoms with Crippen molar-refractivity contribution in [3.8, 4) is 0 Å². The lowest BCUT2D eigenvalue weighted by atomic mass is 9.72. The lowest BCUT2D eigenvalue weighted by Crippen LogP contribution is -2.29. The minimum Gasteiger partial charge on any atom is -0.293 e. The summed E-state index contributed by atoms with van der Waals surface area (Å²) in [4.78, 5) is 12.9. The number of halogens is 1. The lowest BCUT2D eigenvalue weighted by Gasteiger charge is -2.33. The summed E-state index contributed by atoms with van der Waals surface area (Å²) in [6, 6.07) is 4.59. The molecule has 5 heteroatoms. The molecule has 0 heterocycles. The Morgan fingerprint density at radius 2 is 1.77 bits per heavy atom. The molecule has 31 heavy (non-hydrogen) atoms. The largest absolute Gasteiger partial charge is 0.293 e. The van der Waals surface area contributed by atoms with Crippen molar-refractivity contribution in [3.63, 3.8) is 0 Å². The van der Waals surface area contributed by atoms with Crippen LogP contribution in [0.3, 0.4) is 0 Å². The summed E-state index contributed by atoms with van der Waals surface area (Å²) in [5.41, 5.74) is 3.73. The van der Waals surface area contributed by atoms with Crippen LogP contribution < -0.4 is 0 Å². The third kappa shape index (κ3) is 5.91.